The molecule has 14 heteroatoms. The molecule has 1 unspecified atom stereocenters. The monoisotopic (exact) mass is 605 g/mol. The van der Waals surface area contributed by atoms with Gasteiger partial charge in [0.2, 0.25) is 5.28 Å². The molecule has 0 aliphatic carbocycles. The van der Waals surface area contributed by atoms with Gasteiger partial charge in [-0.25, -0.2) is 14.6 Å². The first kappa shape index (κ1) is 31.5. The molecule has 2 aliphatic heterocycles. The van der Waals surface area contributed by atoms with Crippen LogP contribution in [0.2, 0.25) is 36.1 Å². The molecule has 2 saturated heterocycles. The van der Waals surface area contributed by atoms with Gasteiger partial charge in [0.25, 0.3) is 0 Å². The zero-order valence-electron chi connectivity index (χ0n) is 23.9. The second-order valence-corrected chi connectivity index (χ2v) is 18.5. The highest BCUT2D eigenvalue weighted by Gasteiger charge is 2.35. The minimum atomic E-state index is -1.32. The fourth-order valence-electron chi connectivity index (χ4n) is 4.06. The number of aromatic nitrogens is 2. The third-order valence-corrected chi connectivity index (χ3v) is 8.63. The Morgan fingerprint density at radius 2 is 1.92 bits per heavy atom. The predicted molar refractivity (Wildman–Crippen MR) is 153 cm³/mol. The van der Waals surface area contributed by atoms with E-state index in [-0.39, 0.29) is 40.8 Å². The normalized spacial score (nSPS) is 18.8. The molecule has 0 bridgehead atoms. The van der Waals surface area contributed by atoms with Crippen molar-refractivity contribution in [2.24, 2.45) is 5.92 Å². The predicted octanol–water partition coefficient (Wildman–Crippen LogP) is 4.69. The minimum Gasteiger partial charge on any atom is -0.485 e. The van der Waals surface area contributed by atoms with E-state index < -0.39 is 25.9 Å². The highest BCUT2D eigenvalue weighted by molar-refractivity contribution is 6.76. The number of ether oxygens (including phenoxy) is 4. The molecule has 1 N–H and O–H groups in total. The summed E-state index contributed by atoms with van der Waals surface area (Å²) in [5.74, 6) is 0.769. The van der Waals surface area contributed by atoms with Gasteiger partial charge in [-0.3, -0.25) is 0 Å². The standard InChI is InChI=1S/C25H41Cl2N5O6Si/c1-25(2,3)38-24(34)31(4)17-8-9-32(12-17)21-19(20(26)29-22(27)30-21)37-15-18(16-13-35-14-16)28-23(33)36-10-11-39(5,6)7/h16-18H,8-15H2,1-7H3,(H,28,33)/t17-,18?/m1/s1. The third kappa shape index (κ3) is 9.54. The smallest absolute Gasteiger partial charge is 0.410 e. The average Bonchev–Trinajstić information content (AvgIpc) is 3.24. The summed E-state index contributed by atoms with van der Waals surface area (Å²) in [5, 5.41) is 2.97. The second kappa shape index (κ2) is 13.1. The van der Waals surface area contributed by atoms with E-state index in [2.05, 4.69) is 34.9 Å². The quantitative estimate of drug-likeness (QED) is 0.230. The molecular weight excluding hydrogens is 565 g/mol. The maximum Gasteiger partial charge on any atom is 0.410 e. The maximum atomic E-state index is 12.6. The molecule has 39 heavy (non-hydrogen) atoms. The molecule has 1 aromatic rings. The van der Waals surface area contributed by atoms with Gasteiger partial charge >= 0.3 is 12.2 Å². The number of nitrogens with one attached hydrogen (secondary N) is 1. The average molecular weight is 607 g/mol. The van der Waals surface area contributed by atoms with E-state index in [1.165, 1.54) is 0 Å². The van der Waals surface area contributed by atoms with Crippen LogP contribution in [-0.2, 0) is 14.2 Å². The lowest BCUT2D eigenvalue weighted by Gasteiger charge is -2.34. The SMILES string of the molecule is CN(C(=O)OC(C)(C)C)[C@@H]1CCN(c2nc(Cl)nc(Cl)c2OCC(NC(=O)OCC[Si](C)(C)C)C2COC2)C1. The Labute approximate surface area is 241 Å². The van der Waals surface area contributed by atoms with Crippen molar-refractivity contribution in [1.82, 2.24) is 20.2 Å². The van der Waals surface area contributed by atoms with Gasteiger partial charge in [0.1, 0.15) is 12.2 Å². The van der Waals surface area contributed by atoms with Gasteiger partial charge in [-0.1, -0.05) is 31.2 Å². The van der Waals surface area contributed by atoms with Crippen molar-refractivity contribution in [2.45, 2.75) is 70.6 Å². The molecule has 0 saturated carbocycles. The molecule has 0 radical (unpaired) electrons. The number of amides is 2. The molecule has 0 spiro atoms. The lowest BCUT2D eigenvalue weighted by atomic mass is 9.99. The van der Waals surface area contributed by atoms with E-state index >= 15 is 0 Å². The minimum absolute atomic E-state index is 0.0145. The number of hydrogen-bond acceptors (Lipinski definition) is 9. The first-order chi connectivity index (χ1) is 18.1. The van der Waals surface area contributed by atoms with Crippen LogP contribution < -0.4 is 15.0 Å². The van der Waals surface area contributed by atoms with Crippen molar-refractivity contribution in [3.63, 3.8) is 0 Å². The van der Waals surface area contributed by atoms with Crippen molar-refractivity contribution < 1.29 is 28.5 Å². The summed E-state index contributed by atoms with van der Waals surface area (Å²) < 4.78 is 22.4. The molecule has 0 aromatic carbocycles. The molecule has 3 rings (SSSR count). The van der Waals surface area contributed by atoms with Crippen LogP contribution in [-0.4, -0.2) is 99.4 Å². The number of carbonyl (C=O) groups is 2. The van der Waals surface area contributed by atoms with Crippen molar-refractivity contribution in [3.8, 4) is 5.75 Å². The van der Waals surface area contributed by atoms with E-state index in [1.807, 2.05) is 25.7 Å². The van der Waals surface area contributed by atoms with Crippen LogP contribution >= 0.6 is 23.2 Å². The molecule has 2 aliphatic rings. The van der Waals surface area contributed by atoms with Crippen molar-refractivity contribution in [3.05, 3.63) is 10.4 Å². The number of rotatable bonds is 10. The molecule has 2 amide bonds. The van der Waals surface area contributed by atoms with E-state index in [4.69, 9.17) is 42.1 Å². The molecule has 2 atom stereocenters. The number of likely N-dealkylation sites (N-methyl/N-ethyl adjacent to an activating group) is 1. The summed E-state index contributed by atoms with van der Waals surface area (Å²) in [7, 11) is 0.399. The summed E-state index contributed by atoms with van der Waals surface area (Å²) in [5.41, 5.74) is -0.588. The van der Waals surface area contributed by atoms with Crippen LogP contribution in [0.1, 0.15) is 27.2 Å². The van der Waals surface area contributed by atoms with Crippen LogP contribution in [0.15, 0.2) is 0 Å². The Morgan fingerprint density at radius 1 is 1.23 bits per heavy atom. The number of carbonyl (C=O) groups excluding carboxylic acids is 2. The van der Waals surface area contributed by atoms with Gasteiger partial charge in [-0.2, -0.15) is 4.98 Å². The Kier molecular flexibility index (Phi) is 10.6. The summed E-state index contributed by atoms with van der Waals surface area (Å²) in [4.78, 5) is 37.1. The topological polar surface area (TPSA) is 115 Å². The number of alkyl carbamates (subject to hydrolysis) is 1. The van der Waals surface area contributed by atoms with Crippen molar-refractivity contribution >= 4 is 49.3 Å². The fraction of sp³-hybridized carbons (Fsp3) is 0.760. The maximum absolute atomic E-state index is 12.6. The van der Waals surface area contributed by atoms with E-state index in [9.17, 15) is 9.59 Å². The van der Waals surface area contributed by atoms with Gasteiger partial charge in [0.05, 0.1) is 31.9 Å². The zero-order chi connectivity index (χ0) is 29.0. The van der Waals surface area contributed by atoms with Crippen LogP contribution in [0.3, 0.4) is 0 Å². The summed E-state index contributed by atoms with van der Waals surface area (Å²) in [6.07, 6.45) is -0.181. The molecule has 2 fully saturated rings. The number of halogens is 2. The lowest BCUT2D eigenvalue weighted by molar-refractivity contribution is -0.0552. The highest BCUT2D eigenvalue weighted by Crippen LogP contribution is 2.36. The summed E-state index contributed by atoms with van der Waals surface area (Å²) in [6, 6.07) is 0.421. The Balaban J connectivity index is 1.67. The molecule has 1 aromatic heterocycles. The van der Waals surface area contributed by atoms with Crippen LogP contribution in [0.4, 0.5) is 15.4 Å². The number of hydrogen-bond donors (Lipinski definition) is 1. The Bertz CT molecular complexity index is 1020. The third-order valence-electron chi connectivity index (χ3n) is 6.50. The summed E-state index contributed by atoms with van der Waals surface area (Å²) >= 11 is 12.6. The van der Waals surface area contributed by atoms with E-state index in [1.54, 1.807) is 11.9 Å². The first-order valence-corrected chi connectivity index (χ1v) is 17.7. The Hall–Kier alpha value is -2.02. The molecule has 11 nitrogen and oxygen atoms in total. The summed E-state index contributed by atoms with van der Waals surface area (Å²) in [6.45, 7) is 14.8. The zero-order valence-corrected chi connectivity index (χ0v) is 26.4. The van der Waals surface area contributed by atoms with E-state index in [0.29, 0.717) is 45.1 Å². The second-order valence-electron chi connectivity index (χ2n) is 12.2. The Morgan fingerprint density at radius 3 is 2.51 bits per heavy atom. The number of nitrogens with zero attached hydrogens (tertiary/aromatic N) is 4. The van der Waals surface area contributed by atoms with Crippen LogP contribution in [0, 0.1) is 5.92 Å². The van der Waals surface area contributed by atoms with Crippen molar-refractivity contribution in [2.75, 3.05) is 51.5 Å². The molecular formula is C25H41Cl2N5O6Si. The van der Waals surface area contributed by atoms with Gasteiger partial charge < -0.3 is 34.1 Å². The fourth-order valence-corrected chi connectivity index (χ4v) is 5.20. The van der Waals surface area contributed by atoms with Gasteiger partial charge in [-0.15, -0.1) is 0 Å². The van der Waals surface area contributed by atoms with E-state index in [0.717, 1.165) is 6.04 Å². The molecule has 220 valence electrons. The van der Waals surface area contributed by atoms with Crippen LogP contribution in [0.25, 0.3) is 0 Å². The van der Waals surface area contributed by atoms with Gasteiger partial charge in [0, 0.05) is 34.1 Å². The first-order valence-electron chi connectivity index (χ1n) is 13.2. The largest absolute Gasteiger partial charge is 0.485 e. The van der Waals surface area contributed by atoms with Gasteiger partial charge in [0.15, 0.2) is 16.7 Å². The van der Waals surface area contributed by atoms with Gasteiger partial charge in [-0.05, 0) is 44.8 Å². The number of anilines is 1. The van der Waals surface area contributed by atoms with Crippen molar-refractivity contribution in [1.29, 1.82) is 0 Å². The van der Waals surface area contributed by atoms with Crippen LogP contribution in [0.5, 0.6) is 5.75 Å². The lowest BCUT2D eigenvalue weighted by Crippen LogP contribution is -2.51. The highest BCUT2D eigenvalue weighted by atomic mass is 35.5. The molecule has 3 heterocycles.